The van der Waals surface area contributed by atoms with Crippen LogP contribution in [0.3, 0.4) is 0 Å². The number of nitrogens with one attached hydrogen (secondary N) is 1. The third kappa shape index (κ3) is 5.17. The smallest absolute Gasteiger partial charge is 0.238 e. The molecule has 0 aliphatic heterocycles. The number of carbonyl (C=O) groups excluding carboxylic acids is 1. The lowest BCUT2D eigenvalue weighted by Crippen LogP contribution is -2.33. The van der Waals surface area contributed by atoms with Crippen LogP contribution >= 0.6 is 11.6 Å². The fraction of sp³-hybridized carbons (Fsp3) is 0.385. The number of anilines is 1. The van der Waals surface area contributed by atoms with E-state index in [0.717, 1.165) is 12.2 Å². The first-order valence-electron chi connectivity index (χ1n) is 5.80. The Morgan fingerprint density at radius 3 is 2.67 bits per heavy atom. The molecule has 0 atom stereocenters. The highest BCUT2D eigenvalue weighted by atomic mass is 35.5. The standard InChI is InChI=1S/C13H16ClN3O/c1-2-17(9-3-8-15)10-13(18)16-12-6-4-11(14)5-7-12/h4-7H,2-3,9-10H2,1H3,(H,16,18). The van der Waals surface area contributed by atoms with Gasteiger partial charge in [0, 0.05) is 23.7 Å². The second kappa shape index (κ2) is 7.70. The Bertz CT molecular complexity index is 425. The van der Waals surface area contributed by atoms with Crippen LogP contribution in [0.2, 0.25) is 5.02 Å². The topological polar surface area (TPSA) is 56.1 Å². The van der Waals surface area contributed by atoms with E-state index in [1.165, 1.54) is 0 Å². The maximum Gasteiger partial charge on any atom is 0.238 e. The Labute approximate surface area is 112 Å². The lowest BCUT2D eigenvalue weighted by Gasteiger charge is -2.18. The fourth-order valence-electron chi connectivity index (χ4n) is 1.49. The van der Waals surface area contributed by atoms with Gasteiger partial charge < -0.3 is 5.32 Å². The molecule has 0 heterocycles. The van der Waals surface area contributed by atoms with Gasteiger partial charge in [-0.1, -0.05) is 18.5 Å². The minimum absolute atomic E-state index is 0.0860. The molecule has 0 aromatic heterocycles. The number of hydrogen-bond donors (Lipinski definition) is 1. The molecule has 0 saturated carbocycles. The van der Waals surface area contributed by atoms with Crippen molar-refractivity contribution in [3.63, 3.8) is 0 Å². The summed E-state index contributed by atoms with van der Waals surface area (Å²) in [5.41, 5.74) is 0.723. The predicted octanol–water partition coefficient (Wildman–Crippen LogP) is 2.51. The quantitative estimate of drug-likeness (QED) is 0.860. The van der Waals surface area contributed by atoms with Crippen LogP contribution in [-0.4, -0.2) is 30.4 Å². The molecule has 5 heteroatoms. The summed E-state index contributed by atoms with van der Waals surface area (Å²) in [5, 5.41) is 11.9. The molecule has 1 aromatic rings. The number of amides is 1. The van der Waals surface area contributed by atoms with Gasteiger partial charge >= 0.3 is 0 Å². The summed E-state index contributed by atoms with van der Waals surface area (Å²) in [4.78, 5) is 13.7. The van der Waals surface area contributed by atoms with Crippen molar-refractivity contribution in [2.24, 2.45) is 0 Å². The molecule has 0 radical (unpaired) electrons. The molecule has 0 spiro atoms. The molecule has 0 bridgehead atoms. The molecule has 0 fully saturated rings. The largest absolute Gasteiger partial charge is 0.325 e. The molecular formula is C13H16ClN3O. The van der Waals surface area contributed by atoms with Crippen molar-refractivity contribution in [3.8, 4) is 6.07 Å². The molecule has 0 saturated heterocycles. The van der Waals surface area contributed by atoms with Crippen molar-refractivity contribution in [1.29, 1.82) is 5.26 Å². The first-order valence-corrected chi connectivity index (χ1v) is 6.18. The zero-order valence-corrected chi connectivity index (χ0v) is 11.1. The first-order chi connectivity index (χ1) is 8.65. The van der Waals surface area contributed by atoms with Gasteiger partial charge in [-0.05, 0) is 30.8 Å². The molecule has 4 nitrogen and oxygen atoms in total. The van der Waals surface area contributed by atoms with E-state index in [1.807, 2.05) is 11.8 Å². The van der Waals surface area contributed by atoms with Crippen molar-refractivity contribution in [3.05, 3.63) is 29.3 Å². The number of nitriles is 1. The number of carbonyl (C=O) groups is 1. The molecule has 18 heavy (non-hydrogen) atoms. The van der Waals surface area contributed by atoms with Gasteiger partial charge in [0.1, 0.15) is 0 Å². The van der Waals surface area contributed by atoms with Crippen molar-refractivity contribution in [2.45, 2.75) is 13.3 Å². The van der Waals surface area contributed by atoms with Gasteiger partial charge in [0.15, 0.2) is 0 Å². The van der Waals surface area contributed by atoms with Crippen molar-refractivity contribution in [2.75, 3.05) is 25.0 Å². The minimum Gasteiger partial charge on any atom is -0.325 e. The number of rotatable bonds is 6. The summed E-state index contributed by atoms with van der Waals surface area (Å²) < 4.78 is 0. The van der Waals surface area contributed by atoms with E-state index < -0.39 is 0 Å². The predicted molar refractivity (Wildman–Crippen MR) is 72.4 cm³/mol. The average Bonchev–Trinajstić information content (AvgIpc) is 2.37. The summed E-state index contributed by atoms with van der Waals surface area (Å²) in [6, 6.07) is 9.04. The first kappa shape index (κ1) is 14.5. The second-order valence-electron chi connectivity index (χ2n) is 3.83. The Morgan fingerprint density at radius 2 is 2.11 bits per heavy atom. The monoisotopic (exact) mass is 265 g/mol. The normalized spacial score (nSPS) is 10.1. The molecule has 0 unspecified atom stereocenters. The van der Waals surface area contributed by atoms with Gasteiger partial charge in [0.05, 0.1) is 12.6 Å². The van der Waals surface area contributed by atoms with Crippen LogP contribution in [0.15, 0.2) is 24.3 Å². The highest BCUT2D eigenvalue weighted by Gasteiger charge is 2.08. The zero-order valence-electron chi connectivity index (χ0n) is 10.3. The average molecular weight is 266 g/mol. The third-order valence-corrected chi connectivity index (χ3v) is 2.73. The van der Waals surface area contributed by atoms with E-state index in [9.17, 15) is 4.79 Å². The van der Waals surface area contributed by atoms with Crippen molar-refractivity contribution in [1.82, 2.24) is 4.90 Å². The summed E-state index contributed by atoms with van der Waals surface area (Å²) >= 11 is 5.76. The summed E-state index contributed by atoms with van der Waals surface area (Å²) in [6.45, 7) is 3.62. The summed E-state index contributed by atoms with van der Waals surface area (Å²) in [7, 11) is 0. The fourth-order valence-corrected chi connectivity index (χ4v) is 1.62. The molecule has 1 aromatic carbocycles. The molecular weight excluding hydrogens is 250 g/mol. The Balaban J connectivity index is 2.45. The van der Waals surface area contributed by atoms with E-state index in [-0.39, 0.29) is 5.91 Å². The van der Waals surface area contributed by atoms with Crippen LogP contribution in [-0.2, 0) is 4.79 Å². The second-order valence-corrected chi connectivity index (χ2v) is 4.27. The number of nitrogens with zero attached hydrogens (tertiary/aromatic N) is 2. The Hall–Kier alpha value is -1.57. The van der Waals surface area contributed by atoms with Crippen LogP contribution in [0.1, 0.15) is 13.3 Å². The molecule has 1 rings (SSSR count). The molecule has 0 aliphatic rings. The lowest BCUT2D eigenvalue weighted by molar-refractivity contribution is -0.117. The highest BCUT2D eigenvalue weighted by molar-refractivity contribution is 6.30. The van der Waals surface area contributed by atoms with Gasteiger partial charge in [0.25, 0.3) is 0 Å². The summed E-state index contributed by atoms with van der Waals surface area (Å²) in [6.07, 6.45) is 0.433. The van der Waals surface area contributed by atoms with E-state index in [0.29, 0.717) is 24.5 Å². The molecule has 0 aliphatic carbocycles. The number of benzene rings is 1. The molecule has 96 valence electrons. The Morgan fingerprint density at radius 1 is 1.44 bits per heavy atom. The van der Waals surface area contributed by atoms with Crippen LogP contribution < -0.4 is 5.32 Å². The van der Waals surface area contributed by atoms with Gasteiger partial charge in [-0.3, -0.25) is 9.69 Å². The van der Waals surface area contributed by atoms with Crippen LogP contribution in [0, 0.1) is 11.3 Å². The summed E-state index contributed by atoms with van der Waals surface area (Å²) in [5.74, 6) is -0.0860. The van der Waals surface area contributed by atoms with Crippen molar-refractivity contribution < 1.29 is 4.79 Å². The van der Waals surface area contributed by atoms with Gasteiger partial charge in [0.2, 0.25) is 5.91 Å². The van der Waals surface area contributed by atoms with E-state index in [4.69, 9.17) is 16.9 Å². The minimum atomic E-state index is -0.0860. The lowest BCUT2D eigenvalue weighted by atomic mass is 10.3. The SMILES string of the molecule is CCN(CCC#N)CC(=O)Nc1ccc(Cl)cc1. The number of hydrogen-bond acceptors (Lipinski definition) is 3. The van der Waals surface area contributed by atoms with Gasteiger partial charge in [-0.2, -0.15) is 5.26 Å². The van der Waals surface area contributed by atoms with E-state index in [1.54, 1.807) is 24.3 Å². The van der Waals surface area contributed by atoms with Crippen molar-refractivity contribution >= 4 is 23.2 Å². The van der Waals surface area contributed by atoms with Gasteiger partial charge in [-0.15, -0.1) is 0 Å². The number of halogens is 1. The molecule has 1 N–H and O–H groups in total. The number of likely N-dealkylation sites (N-methyl/N-ethyl adjacent to an activating group) is 1. The zero-order chi connectivity index (χ0) is 13.4. The Kier molecular flexibility index (Phi) is 6.20. The van der Waals surface area contributed by atoms with E-state index >= 15 is 0 Å². The van der Waals surface area contributed by atoms with Gasteiger partial charge in [-0.25, -0.2) is 0 Å². The van der Waals surface area contributed by atoms with Crippen LogP contribution in [0.4, 0.5) is 5.69 Å². The highest BCUT2D eigenvalue weighted by Crippen LogP contribution is 2.13. The van der Waals surface area contributed by atoms with Crippen LogP contribution in [0.25, 0.3) is 0 Å². The molecule has 1 amide bonds. The maximum atomic E-state index is 11.8. The third-order valence-electron chi connectivity index (χ3n) is 2.48. The van der Waals surface area contributed by atoms with E-state index in [2.05, 4.69) is 11.4 Å². The van der Waals surface area contributed by atoms with Crippen LogP contribution in [0.5, 0.6) is 0 Å². The maximum absolute atomic E-state index is 11.8.